The van der Waals surface area contributed by atoms with E-state index in [0.29, 0.717) is 18.3 Å². The van der Waals surface area contributed by atoms with Gasteiger partial charge in [-0.25, -0.2) is 4.79 Å². The molecule has 0 spiro atoms. The largest absolute Gasteiger partial charge is 0.390 e. The van der Waals surface area contributed by atoms with Crippen LogP contribution in [0.2, 0.25) is 0 Å². The van der Waals surface area contributed by atoms with Crippen molar-refractivity contribution in [1.82, 2.24) is 10.2 Å². The van der Waals surface area contributed by atoms with Crippen molar-refractivity contribution in [2.24, 2.45) is 5.92 Å². The Morgan fingerprint density at radius 1 is 1.35 bits per heavy atom. The van der Waals surface area contributed by atoms with Crippen molar-refractivity contribution in [3.05, 3.63) is 0 Å². The van der Waals surface area contributed by atoms with Crippen LogP contribution in [0.1, 0.15) is 46.0 Å². The van der Waals surface area contributed by atoms with E-state index in [0.717, 1.165) is 18.2 Å². The summed E-state index contributed by atoms with van der Waals surface area (Å²) in [7, 11) is 0. The van der Waals surface area contributed by atoms with Gasteiger partial charge >= 0.3 is 6.03 Å². The third-order valence-corrected chi connectivity index (χ3v) is 5.65. The third-order valence-electron chi connectivity index (χ3n) is 4.25. The van der Waals surface area contributed by atoms with Gasteiger partial charge in [0.05, 0.1) is 5.60 Å². The number of thioether (sulfide) groups is 1. The van der Waals surface area contributed by atoms with Crippen LogP contribution in [0.3, 0.4) is 0 Å². The van der Waals surface area contributed by atoms with Crippen LogP contribution in [0.15, 0.2) is 0 Å². The first-order valence-electron chi connectivity index (χ1n) is 7.82. The number of carbonyl (C=O) groups excluding carboxylic acids is 1. The van der Waals surface area contributed by atoms with Crippen molar-refractivity contribution >= 4 is 17.8 Å². The molecule has 0 bridgehead atoms. The second-order valence-corrected chi connectivity index (χ2v) is 7.80. The number of fused-ring (bicyclic) bond motifs is 1. The first-order valence-corrected chi connectivity index (χ1v) is 8.97. The van der Waals surface area contributed by atoms with Gasteiger partial charge in [-0.2, -0.15) is 11.8 Å². The molecule has 0 aromatic rings. The lowest BCUT2D eigenvalue weighted by molar-refractivity contribution is 0.107. The van der Waals surface area contributed by atoms with Crippen molar-refractivity contribution in [2.45, 2.75) is 57.6 Å². The minimum absolute atomic E-state index is 0.114. The predicted octanol–water partition coefficient (Wildman–Crippen LogP) is 2.46. The Labute approximate surface area is 126 Å². The molecule has 1 heterocycles. The molecule has 2 N–H and O–H groups in total. The van der Waals surface area contributed by atoms with E-state index in [2.05, 4.69) is 10.2 Å². The average Bonchev–Trinajstić information content (AvgIpc) is 2.80. The summed E-state index contributed by atoms with van der Waals surface area (Å²) in [6.07, 6.45) is 6.28. The van der Waals surface area contributed by atoms with E-state index in [4.69, 9.17) is 0 Å². The molecule has 2 atom stereocenters. The molecule has 0 radical (unpaired) electrons. The van der Waals surface area contributed by atoms with Gasteiger partial charge < -0.3 is 15.3 Å². The Hall–Kier alpha value is -0.420. The molecule has 2 fully saturated rings. The highest BCUT2D eigenvalue weighted by Gasteiger charge is 2.37. The Morgan fingerprint density at radius 2 is 2.10 bits per heavy atom. The van der Waals surface area contributed by atoms with Gasteiger partial charge in [-0.15, -0.1) is 0 Å². The molecule has 5 heteroatoms. The van der Waals surface area contributed by atoms with E-state index < -0.39 is 5.60 Å². The summed E-state index contributed by atoms with van der Waals surface area (Å²) in [5.74, 6) is 2.31. The Bertz CT molecular complexity index is 330. The number of amides is 2. The second kappa shape index (κ2) is 7.03. The summed E-state index contributed by atoms with van der Waals surface area (Å²) in [6, 6.07) is 0.607. The Balaban J connectivity index is 1.65. The zero-order valence-corrected chi connectivity index (χ0v) is 13.5. The van der Waals surface area contributed by atoms with Gasteiger partial charge in [0.2, 0.25) is 0 Å². The molecule has 2 unspecified atom stereocenters. The van der Waals surface area contributed by atoms with E-state index in [1.165, 1.54) is 32.1 Å². The summed E-state index contributed by atoms with van der Waals surface area (Å²) in [5, 5.41) is 12.6. The van der Waals surface area contributed by atoms with Crippen molar-refractivity contribution < 1.29 is 9.90 Å². The van der Waals surface area contributed by atoms with Crippen LogP contribution in [0.4, 0.5) is 4.79 Å². The highest BCUT2D eigenvalue weighted by molar-refractivity contribution is 7.99. The van der Waals surface area contributed by atoms with Crippen LogP contribution in [0.25, 0.3) is 0 Å². The molecule has 1 saturated carbocycles. The number of nitrogens with zero attached hydrogens (tertiary/aromatic N) is 1. The predicted molar refractivity (Wildman–Crippen MR) is 84.1 cm³/mol. The fourth-order valence-corrected chi connectivity index (χ4v) is 4.20. The van der Waals surface area contributed by atoms with Gasteiger partial charge in [0.15, 0.2) is 0 Å². The number of likely N-dealkylation sites (tertiary alicyclic amines) is 1. The maximum Gasteiger partial charge on any atom is 0.317 e. The minimum Gasteiger partial charge on any atom is -0.390 e. The van der Waals surface area contributed by atoms with Gasteiger partial charge in [-0.1, -0.05) is 12.8 Å². The summed E-state index contributed by atoms with van der Waals surface area (Å²) in [4.78, 5) is 14.3. The fraction of sp³-hybridized carbons (Fsp3) is 0.933. The lowest BCUT2D eigenvalue weighted by Crippen LogP contribution is -2.45. The molecular weight excluding hydrogens is 272 g/mol. The SMILES string of the molecule is CC(C)(O)CSCCNC(=O)N1CCC2CCCCC21. The number of hydrogen-bond donors (Lipinski definition) is 2. The van der Waals surface area contributed by atoms with Crippen LogP contribution < -0.4 is 5.32 Å². The van der Waals surface area contributed by atoms with Gasteiger partial charge in [0, 0.05) is 30.6 Å². The lowest BCUT2D eigenvalue weighted by Gasteiger charge is -2.31. The quantitative estimate of drug-likeness (QED) is 0.767. The lowest BCUT2D eigenvalue weighted by atomic mass is 9.85. The standard InChI is InChI=1S/C15H28N2O2S/c1-15(2,19)11-20-10-8-16-14(18)17-9-7-12-5-3-4-6-13(12)17/h12-13,19H,3-11H2,1-2H3,(H,16,18). The molecule has 1 aliphatic heterocycles. The molecule has 2 rings (SSSR count). The highest BCUT2D eigenvalue weighted by Crippen LogP contribution is 2.35. The minimum atomic E-state index is -0.626. The highest BCUT2D eigenvalue weighted by atomic mass is 32.2. The summed E-state index contributed by atoms with van der Waals surface area (Å²) >= 11 is 1.68. The maximum absolute atomic E-state index is 12.2. The third kappa shape index (κ3) is 4.55. The molecule has 1 aliphatic carbocycles. The molecule has 0 aromatic carbocycles. The van der Waals surface area contributed by atoms with Crippen LogP contribution in [-0.4, -0.2) is 52.3 Å². The summed E-state index contributed by atoms with van der Waals surface area (Å²) in [5.41, 5.74) is -0.626. The topological polar surface area (TPSA) is 52.6 Å². The molecule has 1 saturated heterocycles. The summed E-state index contributed by atoms with van der Waals surface area (Å²) in [6.45, 7) is 5.24. The molecule has 20 heavy (non-hydrogen) atoms. The summed E-state index contributed by atoms with van der Waals surface area (Å²) < 4.78 is 0. The van der Waals surface area contributed by atoms with Crippen molar-refractivity contribution in [3.8, 4) is 0 Å². The van der Waals surface area contributed by atoms with Crippen LogP contribution in [-0.2, 0) is 0 Å². The van der Waals surface area contributed by atoms with Gasteiger partial charge in [0.25, 0.3) is 0 Å². The Morgan fingerprint density at radius 3 is 2.85 bits per heavy atom. The first kappa shape index (κ1) is 16.0. The zero-order valence-electron chi connectivity index (χ0n) is 12.7. The van der Waals surface area contributed by atoms with Gasteiger partial charge in [0.1, 0.15) is 0 Å². The first-order chi connectivity index (χ1) is 9.47. The number of rotatable bonds is 5. The Kier molecular flexibility index (Phi) is 5.61. The molecular formula is C15H28N2O2S. The second-order valence-electron chi connectivity index (χ2n) is 6.69. The zero-order chi connectivity index (χ0) is 14.6. The van der Waals surface area contributed by atoms with Crippen molar-refractivity contribution in [3.63, 3.8) is 0 Å². The normalized spacial score (nSPS) is 26.4. The van der Waals surface area contributed by atoms with Crippen molar-refractivity contribution in [1.29, 1.82) is 0 Å². The number of hydrogen-bond acceptors (Lipinski definition) is 3. The van der Waals surface area contributed by atoms with Crippen LogP contribution in [0.5, 0.6) is 0 Å². The monoisotopic (exact) mass is 300 g/mol. The molecule has 4 nitrogen and oxygen atoms in total. The fourth-order valence-electron chi connectivity index (χ4n) is 3.31. The molecule has 116 valence electrons. The average molecular weight is 300 g/mol. The van der Waals surface area contributed by atoms with E-state index in [9.17, 15) is 9.90 Å². The number of carbonyl (C=O) groups is 1. The van der Waals surface area contributed by atoms with E-state index in [1.54, 1.807) is 11.8 Å². The van der Waals surface area contributed by atoms with Crippen LogP contribution in [0, 0.1) is 5.92 Å². The molecule has 2 amide bonds. The number of nitrogens with one attached hydrogen (secondary N) is 1. The number of aliphatic hydroxyl groups is 1. The van der Waals surface area contributed by atoms with Gasteiger partial charge in [-0.05, 0) is 39.0 Å². The van der Waals surface area contributed by atoms with E-state index in [1.807, 2.05) is 13.8 Å². The maximum atomic E-state index is 12.2. The van der Waals surface area contributed by atoms with Crippen molar-refractivity contribution in [2.75, 3.05) is 24.6 Å². The number of urea groups is 1. The molecule has 2 aliphatic rings. The van der Waals surface area contributed by atoms with E-state index in [-0.39, 0.29) is 6.03 Å². The van der Waals surface area contributed by atoms with E-state index >= 15 is 0 Å². The van der Waals surface area contributed by atoms with Gasteiger partial charge in [-0.3, -0.25) is 0 Å². The smallest absolute Gasteiger partial charge is 0.317 e. The molecule has 0 aromatic heterocycles. The van der Waals surface area contributed by atoms with Crippen LogP contribution >= 0.6 is 11.8 Å².